The minimum atomic E-state index is -1.19. The number of aromatic nitrogens is 2. The number of aromatic amines is 1. The van der Waals surface area contributed by atoms with Crippen LogP contribution in [0.1, 0.15) is 28.5 Å². The number of carbonyl (C=O) groups is 1. The number of rotatable bonds is 2. The van der Waals surface area contributed by atoms with E-state index in [2.05, 4.69) is 9.97 Å². The molecule has 1 aromatic rings. The summed E-state index contributed by atoms with van der Waals surface area (Å²) in [5.74, 6) is -1.12. The Balaban J connectivity index is 2.38. The van der Waals surface area contributed by atoms with Crippen LogP contribution in [0.5, 0.6) is 0 Å². The Kier molecular flexibility index (Phi) is 2.51. The zero-order chi connectivity index (χ0) is 10.8. The summed E-state index contributed by atoms with van der Waals surface area (Å²) in [5.41, 5.74) is -0.262. The van der Waals surface area contributed by atoms with Gasteiger partial charge in [-0.25, -0.2) is 9.59 Å². The van der Waals surface area contributed by atoms with Crippen molar-refractivity contribution in [2.75, 3.05) is 13.2 Å². The Hall–Kier alpha value is -1.69. The van der Waals surface area contributed by atoms with Crippen LogP contribution in [-0.2, 0) is 4.74 Å². The van der Waals surface area contributed by atoms with E-state index in [9.17, 15) is 9.59 Å². The quantitative estimate of drug-likeness (QED) is 0.715. The maximum absolute atomic E-state index is 11.1. The van der Waals surface area contributed by atoms with Crippen LogP contribution >= 0.6 is 0 Å². The molecule has 1 unspecified atom stereocenters. The molecular formula is C9H10N2O4. The van der Waals surface area contributed by atoms with Crippen molar-refractivity contribution in [1.29, 1.82) is 0 Å². The second-order valence-corrected chi connectivity index (χ2v) is 3.39. The molecule has 6 heteroatoms. The van der Waals surface area contributed by atoms with Gasteiger partial charge in [-0.3, -0.25) is 0 Å². The van der Waals surface area contributed by atoms with Crippen LogP contribution in [-0.4, -0.2) is 34.3 Å². The van der Waals surface area contributed by atoms with Crippen LogP contribution in [0.15, 0.2) is 10.9 Å². The van der Waals surface area contributed by atoms with Crippen molar-refractivity contribution in [2.45, 2.75) is 12.3 Å². The highest BCUT2D eigenvalue weighted by molar-refractivity contribution is 5.85. The second kappa shape index (κ2) is 3.82. The van der Waals surface area contributed by atoms with E-state index in [-0.39, 0.29) is 11.6 Å². The van der Waals surface area contributed by atoms with Gasteiger partial charge in [0.05, 0.1) is 6.61 Å². The topological polar surface area (TPSA) is 92.3 Å². The number of hydrogen-bond donors (Lipinski definition) is 2. The smallest absolute Gasteiger partial charge is 0.354 e. The molecule has 2 heterocycles. The lowest BCUT2D eigenvalue weighted by Crippen LogP contribution is -2.19. The maximum atomic E-state index is 11.1. The number of ether oxygens (including phenoxy) is 1. The monoisotopic (exact) mass is 210 g/mol. The molecule has 6 nitrogen and oxygen atoms in total. The summed E-state index contributed by atoms with van der Waals surface area (Å²) in [6, 6.07) is 1.39. The van der Waals surface area contributed by atoms with Crippen molar-refractivity contribution in [3.63, 3.8) is 0 Å². The number of hydrogen-bond acceptors (Lipinski definition) is 4. The first kappa shape index (κ1) is 9.85. The van der Waals surface area contributed by atoms with Gasteiger partial charge in [0.15, 0.2) is 5.69 Å². The Morgan fingerprint density at radius 1 is 1.67 bits per heavy atom. The standard InChI is InChI=1S/C9H10N2O4/c12-8(13)7-3-6(10-9(14)11-7)5-1-2-15-4-5/h3,5H,1-2,4H2,(H,12,13)(H,10,11,14). The van der Waals surface area contributed by atoms with Crippen molar-refractivity contribution in [3.8, 4) is 0 Å². The summed E-state index contributed by atoms with van der Waals surface area (Å²) in [4.78, 5) is 27.7. The normalized spacial score (nSPS) is 20.4. The third-order valence-corrected chi connectivity index (χ3v) is 2.35. The lowest BCUT2D eigenvalue weighted by molar-refractivity contribution is 0.0689. The second-order valence-electron chi connectivity index (χ2n) is 3.39. The molecule has 1 aromatic heterocycles. The first-order chi connectivity index (χ1) is 7.16. The number of aromatic carboxylic acids is 1. The largest absolute Gasteiger partial charge is 0.477 e. The van der Waals surface area contributed by atoms with Gasteiger partial charge in [-0.1, -0.05) is 0 Å². The van der Waals surface area contributed by atoms with Crippen LogP contribution in [0.2, 0.25) is 0 Å². The molecule has 15 heavy (non-hydrogen) atoms. The highest BCUT2D eigenvalue weighted by atomic mass is 16.5. The molecule has 0 bridgehead atoms. The third-order valence-electron chi connectivity index (χ3n) is 2.35. The third kappa shape index (κ3) is 2.04. The SMILES string of the molecule is O=C(O)c1cc(C2CCOC2)[nH]c(=O)n1. The van der Waals surface area contributed by atoms with E-state index in [1.165, 1.54) is 6.07 Å². The molecule has 0 aromatic carbocycles. The molecule has 0 radical (unpaired) electrons. The fraction of sp³-hybridized carbons (Fsp3) is 0.444. The van der Waals surface area contributed by atoms with Gasteiger partial charge in [0.2, 0.25) is 0 Å². The van der Waals surface area contributed by atoms with Gasteiger partial charge in [-0.2, -0.15) is 4.98 Å². The van der Waals surface area contributed by atoms with E-state index in [4.69, 9.17) is 9.84 Å². The van der Waals surface area contributed by atoms with E-state index >= 15 is 0 Å². The molecule has 0 spiro atoms. The van der Waals surface area contributed by atoms with Crippen molar-refractivity contribution in [1.82, 2.24) is 9.97 Å². The van der Waals surface area contributed by atoms with E-state index in [0.29, 0.717) is 18.9 Å². The number of carboxylic acid groups (broad SMARTS) is 1. The van der Waals surface area contributed by atoms with Crippen molar-refractivity contribution >= 4 is 5.97 Å². The minimum absolute atomic E-state index is 0.0683. The summed E-state index contributed by atoms with van der Waals surface area (Å²) in [6.45, 7) is 1.15. The maximum Gasteiger partial charge on any atom is 0.354 e. The van der Waals surface area contributed by atoms with Gasteiger partial charge in [-0.05, 0) is 12.5 Å². The van der Waals surface area contributed by atoms with Gasteiger partial charge in [-0.15, -0.1) is 0 Å². The van der Waals surface area contributed by atoms with Gasteiger partial charge in [0, 0.05) is 18.2 Å². The summed E-state index contributed by atoms with van der Waals surface area (Å²) in [5, 5.41) is 8.73. The summed E-state index contributed by atoms with van der Waals surface area (Å²) < 4.78 is 5.16. The molecule has 0 saturated carbocycles. The van der Waals surface area contributed by atoms with Crippen LogP contribution < -0.4 is 5.69 Å². The van der Waals surface area contributed by atoms with E-state index in [1.54, 1.807) is 0 Å². The van der Waals surface area contributed by atoms with Crippen LogP contribution in [0, 0.1) is 0 Å². The summed E-state index contributed by atoms with van der Waals surface area (Å²) >= 11 is 0. The molecule has 1 atom stereocenters. The van der Waals surface area contributed by atoms with Crippen molar-refractivity contribution in [3.05, 3.63) is 27.9 Å². The molecule has 1 saturated heterocycles. The van der Waals surface area contributed by atoms with Crippen LogP contribution in [0.3, 0.4) is 0 Å². The Bertz CT molecular complexity index is 434. The van der Waals surface area contributed by atoms with Gasteiger partial charge >= 0.3 is 11.7 Å². The molecule has 0 aliphatic carbocycles. The highest BCUT2D eigenvalue weighted by Gasteiger charge is 2.20. The minimum Gasteiger partial charge on any atom is -0.477 e. The molecular weight excluding hydrogens is 200 g/mol. The zero-order valence-corrected chi connectivity index (χ0v) is 7.90. The number of H-pyrrole nitrogens is 1. The predicted octanol–water partition coefficient (Wildman–Crippen LogP) is -0.0280. The van der Waals surface area contributed by atoms with E-state index in [0.717, 1.165) is 6.42 Å². The number of nitrogens with one attached hydrogen (secondary N) is 1. The fourth-order valence-corrected chi connectivity index (χ4v) is 1.59. The van der Waals surface area contributed by atoms with Crippen LogP contribution in [0.25, 0.3) is 0 Å². The fourth-order valence-electron chi connectivity index (χ4n) is 1.59. The number of carboxylic acids is 1. The van der Waals surface area contributed by atoms with E-state index < -0.39 is 11.7 Å². The van der Waals surface area contributed by atoms with Crippen LogP contribution in [0.4, 0.5) is 0 Å². The highest BCUT2D eigenvalue weighted by Crippen LogP contribution is 2.22. The molecule has 2 rings (SSSR count). The molecule has 1 aliphatic rings. The molecule has 1 fully saturated rings. The zero-order valence-electron chi connectivity index (χ0n) is 7.90. The molecule has 0 amide bonds. The lowest BCUT2D eigenvalue weighted by atomic mass is 10.0. The molecule has 1 aliphatic heterocycles. The lowest BCUT2D eigenvalue weighted by Gasteiger charge is -2.07. The van der Waals surface area contributed by atoms with E-state index in [1.807, 2.05) is 0 Å². The van der Waals surface area contributed by atoms with Gasteiger partial charge < -0.3 is 14.8 Å². The Morgan fingerprint density at radius 3 is 3.07 bits per heavy atom. The molecule has 80 valence electrons. The van der Waals surface area contributed by atoms with Gasteiger partial charge in [0.25, 0.3) is 0 Å². The first-order valence-corrected chi connectivity index (χ1v) is 4.59. The number of nitrogens with zero attached hydrogens (tertiary/aromatic N) is 1. The first-order valence-electron chi connectivity index (χ1n) is 4.59. The average Bonchev–Trinajstić information content (AvgIpc) is 2.69. The summed E-state index contributed by atoms with van der Waals surface area (Å²) in [6.07, 6.45) is 0.791. The molecule has 2 N–H and O–H groups in total. The van der Waals surface area contributed by atoms with Crippen molar-refractivity contribution in [2.24, 2.45) is 0 Å². The average molecular weight is 210 g/mol. The predicted molar refractivity (Wildman–Crippen MR) is 50.0 cm³/mol. The Morgan fingerprint density at radius 2 is 2.47 bits per heavy atom. The summed E-state index contributed by atoms with van der Waals surface area (Å²) in [7, 11) is 0. The Labute approximate surface area is 84.9 Å². The van der Waals surface area contributed by atoms with Crippen molar-refractivity contribution < 1.29 is 14.6 Å². The van der Waals surface area contributed by atoms with Gasteiger partial charge in [0.1, 0.15) is 0 Å².